The molecule has 502 valence electrons. The van der Waals surface area contributed by atoms with E-state index in [0.717, 1.165) is 0 Å². The monoisotopic (exact) mass is 1360 g/mol. The fourth-order valence-electron chi connectivity index (χ4n) is 10.9. The normalized spacial score (nSPS) is 12.3. The summed E-state index contributed by atoms with van der Waals surface area (Å²) in [5, 5.41) is 7.27. The number of amides is 3. The maximum absolute atomic E-state index is 15.4. The molecule has 0 saturated heterocycles. The van der Waals surface area contributed by atoms with Gasteiger partial charge in [-0.05, 0) is 112 Å². The number of carbonyl (C=O) groups is 3. The van der Waals surface area contributed by atoms with E-state index >= 15 is 4.39 Å². The molecule has 10 rings (SSSR count). The van der Waals surface area contributed by atoms with Gasteiger partial charge >= 0.3 is 0 Å². The van der Waals surface area contributed by atoms with Gasteiger partial charge < -0.3 is 52.1 Å². The lowest BCUT2D eigenvalue weighted by molar-refractivity contribution is 0.0938. The average Bonchev–Trinajstić information content (AvgIpc) is 1.62. The van der Waals surface area contributed by atoms with E-state index in [4.69, 9.17) is 75.9 Å². The lowest BCUT2D eigenvalue weighted by atomic mass is 9.95. The van der Waals surface area contributed by atoms with Crippen LogP contribution in [0.2, 0.25) is 15.1 Å². The highest BCUT2D eigenvalue weighted by Crippen LogP contribution is 2.44. The summed E-state index contributed by atoms with van der Waals surface area (Å²) in [6.45, 7) is 24.1. The molecule has 0 aliphatic rings. The third-order valence-electron chi connectivity index (χ3n) is 15.2. The molecule has 4 aromatic carbocycles. The quantitative estimate of drug-likeness (QED) is 0.0465. The number of anilines is 4. The van der Waals surface area contributed by atoms with Crippen molar-refractivity contribution >= 4 is 92.2 Å². The van der Waals surface area contributed by atoms with Gasteiger partial charge in [0.05, 0.1) is 57.6 Å². The molecule has 22 nitrogen and oxygen atoms in total. The molecule has 0 aliphatic heterocycles. The minimum absolute atomic E-state index is 0.0989. The largest absolute Gasteiger partial charge is 0.497 e. The van der Waals surface area contributed by atoms with Crippen molar-refractivity contribution in [3.05, 3.63) is 180 Å². The number of hydrogen-bond donors (Lipinski definition) is 6. The zero-order valence-corrected chi connectivity index (χ0v) is 57.3. The predicted molar refractivity (Wildman–Crippen MR) is 363 cm³/mol. The number of nitrogens with zero attached hydrogens (tertiary/aromatic N) is 9. The Balaban J connectivity index is 0.000000184. The van der Waals surface area contributed by atoms with Gasteiger partial charge in [0.2, 0.25) is 0 Å². The van der Waals surface area contributed by atoms with Crippen LogP contribution in [0.4, 0.5) is 36.3 Å². The van der Waals surface area contributed by atoms with Crippen molar-refractivity contribution in [3.8, 4) is 23.0 Å². The Labute approximate surface area is 562 Å². The van der Waals surface area contributed by atoms with Crippen LogP contribution in [0.15, 0.2) is 79.6 Å². The Morgan fingerprint density at radius 3 is 1.14 bits per heavy atom. The Morgan fingerprint density at radius 2 is 0.842 bits per heavy atom. The van der Waals surface area contributed by atoms with E-state index in [-0.39, 0.29) is 79.2 Å². The zero-order valence-electron chi connectivity index (χ0n) is 55.1. The molecule has 28 heteroatoms. The molecule has 9 N–H and O–H groups in total. The smallest absolute Gasteiger partial charge is 0.262 e. The zero-order chi connectivity index (χ0) is 69.8. The van der Waals surface area contributed by atoms with Crippen LogP contribution in [-0.2, 0) is 0 Å². The first-order chi connectivity index (χ1) is 44.9. The van der Waals surface area contributed by atoms with Crippen molar-refractivity contribution in [2.45, 2.75) is 126 Å². The number of halogens is 6. The van der Waals surface area contributed by atoms with Gasteiger partial charge in [-0.1, -0.05) is 55.6 Å². The highest BCUT2D eigenvalue weighted by molar-refractivity contribution is 6.32. The fourth-order valence-corrected chi connectivity index (χ4v) is 11.6. The van der Waals surface area contributed by atoms with Gasteiger partial charge in [-0.15, -0.1) is 0 Å². The van der Waals surface area contributed by atoms with Crippen molar-refractivity contribution in [2.24, 2.45) is 0 Å². The molecular weight excluding hydrogens is 1290 g/mol. The summed E-state index contributed by atoms with van der Waals surface area (Å²) in [5.41, 5.74) is 23.7. The fraction of sp³-hybridized carbons (Fsp3) is 0.328. The van der Waals surface area contributed by atoms with Crippen molar-refractivity contribution in [2.75, 3.05) is 43.2 Å². The van der Waals surface area contributed by atoms with E-state index in [9.17, 15) is 23.2 Å². The van der Waals surface area contributed by atoms with Crippen LogP contribution in [0.25, 0.3) is 16.6 Å². The number of benzene rings is 4. The van der Waals surface area contributed by atoms with Gasteiger partial charge in [0.15, 0.2) is 17.5 Å². The van der Waals surface area contributed by atoms with E-state index in [0.29, 0.717) is 103 Å². The molecule has 0 saturated carbocycles. The number of hydrogen-bond acceptors (Lipinski definition) is 16. The highest BCUT2D eigenvalue weighted by atomic mass is 35.5. The predicted octanol–water partition coefficient (Wildman–Crippen LogP) is 13.4. The number of aryl methyl sites for hydroxylation is 3. The summed E-state index contributed by atoms with van der Waals surface area (Å²) in [6.07, 6.45) is 9.09. The van der Waals surface area contributed by atoms with Crippen LogP contribution in [0.5, 0.6) is 23.0 Å². The van der Waals surface area contributed by atoms with Crippen molar-refractivity contribution in [1.82, 2.24) is 53.7 Å². The van der Waals surface area contributed by atoms with Crippen LogP contribution >= 0.6 is 34.8 Å². The van der Waals surface area contributed by atoms with Crippen LogP contribution < -0.4 is 52.1 Å². The van der Waals surface area contributed by atoms with E-state index in [1.54, 1.807) is 103 Å². The van der Waals surface area contributed by atoms with Crippen LogP contribution in [-0.4, -0.2) is 99.8 Å². The second-order valence-corrected chi connectivity index (χ2v) is 24.2. The molecular formula is C67H75Cl3F3N15O7. The maximum atomic E-state index is 15.4. The first-order valence-electron chi connectivity index (χ1n) is 30.2. The van der Waals surface area contributed by atoms with E-state index in [2.05, 4.69) is 40.9 Å². The van der Waals surface area contributed by atoms with Gasteiger partial charge in [-0.3, -0.25) is 27.6 Å². The number of imidazole rings is 3. The summed E-state index contributed by atoms with van der Waals surface area (Å²) < 4.78 is 73.6. The van der Waals surface area contributed by atoms with Crippen molar-refractivity contribution < 1.29 is 46.5 Å². The Kier molecular flexibility index (Phi) is 22.3. The number of nitrogen functional groups attached to an aromatic ring is 3. The standard InChI is InChI=1S/C26H27ClFN5O3.C21H25ClFN5O2.C20H23ClFN5O2/c1-13(2)36-23-18(14(3)25-31-15(4)22-24(29)30-10-11-33(22)25)12-19(27)21(28)20(23)26(34)32-16-6-8-17(35-5)9-7-16;1-6-25-21(29)15-16(23)14(22)9-13(18(15)30-10(2)3)11(4)20-27-12(5)17-19(24)26-7-8-28(17)20;1-9(2)29-17-12(8-13(21)15(22)14(17)20(28)24-5)10(3)19-26-11(4)16-18(23)25-6-7-27(16)19/h6-14H,1-5H3,(H2,29,30)(H,32,34);7-11H,6H2,1-5H3,(H2,24,26)(H,25,29);6-10H,1-5H3,(H2,23,25)(H,24,28). The SMILES string of the molecule is CCNC(=O)c1c(F)c(Cl)cc(C(C)c2nc(C)c3c(N)nccn23)c1OC(C)C.CNC(=O)c1c(F)c(Cl)cc(C(C)c2nc(C)c3c(N)nccn23)c1OC(C)C.COc1ccc(NC(=O)c2c(F)c(Cl)cc(C(C)c3nc(C)c4c(N)nccn34)c2OC(C)C)cc1. The number of nitrogens with two attached hydrogens (primary N) is 3. The molecule has 0 aliphatic carbocycles. The number of methoxy groups -OCH3 is 1. The first-order valence-corrected chi connectivity index (χ1v) is 31.4. The number of ether oxygens (including phenoxy) is 4. The van der Waals surface area contributed by atoms with E-state index in [1.165, 1.54) is 25.2 Å². The van der Waals surface area contributed by atoms with Gasteiger partial charge in [-0.2, -0.15) is 0 Å². The Hall–Kier alpha value is -9.59. The molecule has 95 heavy (non-hydrogen) atoms. The van der Waals surface area contributed by atoms with Crippen molar-refractivity contribution in [1.29, 1.82) is 0 Å². The number of fused-ring (bicyclic) bond motifs is 3. The Morgan fingerprint density at radius 1 is 0.526 bits per heavy atom. The van der Waals surface area contributed by atoms with Gasteiger partial charge in [0, 0.05) is 90.9 Å². The summed E-state index contributed by atoms with van der Waals surface area (Å²) in [4.78, 5) is 64.8. The molecule has 10 aromatic rings. The number of aromatic nitrogens is 9. The van der Waals surface area contributed by atoms with E-state index in [1.807, 2.05) is 68.6 Å². The molecule has 3 atom stereocenters. The number of nitrogens with one attached hydrogen (secondary N) is 3. The second-order valence-electron chi connectivity index (χ2n) is 22.9. The lowest BCUT2D eigenvalue weighted by Gasteiger charge is -2.22. The maximum Gasteiger partial charge on any atom is 0.262 e. The van der Waals surface area contributed by atoms with E-state index < -0.39 is 41.1 Å². The molecule has 6 heterocycles. The van der Waals surface area contributed by atoms with Gasteiger partial charge in [-0.25, -0.2) is 43.1 Å². The molecule has 6 aromatic heterocycles. The molecule has 3 amide bonds. The molecule has 0 fully saturated rings. The van der Waals surface area contributed by atoms with Crippen LogP contribution in [0.1, 0.15) is 169 Å². The molecule has 0 bridgehead atoms. The van der Waals surface area contributed by atoms with Gasteiger partial charge in [0.1, 0.15) is 91.2 Å². The lowest BCUT2D eigenvalue weighted by Crippen LogP contribution is -2.26. The van der Waals surface area contributed by atoms with Crippen molar-refractivity contribution in [3.63, 3.8) is 0 Å². The Bertz CT molecular complexity index is 4540. The average molecular weight is 1370 g/mol. The minimum Gasteiger partial charge on any atom is -0.497 e. The summed E-state index contributed by atoms with van der Waals surface area (Å²) in [7, 11) is 2.97. The number of rotatable bonds is 18. The molecule has 3 unspecified atom stereocenters. The third kappa shape index (κ3) is 14.7. The number of carbonyl (C=O) groups excluding carboxylic acids is 3. The molecule has 0 radical (unpaired) electrons. The second kappa shape index (κ2) is 29.8. The molecule has 0 spiro atoms. The highest BCUT2D eigenvalue weighted by Gasteiger charge is 2.34. The van der Waals surface area contributed by atoms with Crippen LogP contribution in [0.3, 0.4) is 0 Å². The summed E-state index contributed by atoms with van der Waals surface area (Å²) in [6, 6.07) is 11.1. The summed E-state index contributed by atoms with van der Waals surface area (Å²) in [5.74, 6) is -1.60. The first kappa shape index (κ1) is 71.3. The third-order valence-corrected chi connectivity index (χ3v) is 16.0. The topological polar surface area (TPSA) is 293 Å². The van der Waals surface area contributed by atoms with Gasteiger partial charge in [0.25, 0.3) is 17.7 Å². The summed E-state index contributed by atoms with van der Waals surface area (Å²) >= 11 is 18.6. The van der Waals surface area contributed by atoms with Crippen LogP contribution in [0, 0.1) is 38.2 Å². The minimum atomic E-state index is -0.869.